The first-order valence-electron chi connectivity index (χ1n) is 10.6. The molecule has 3 aromatic carbocycles. The molecule has 33 heavy (non-hydrogen) atoms. The normalized spacial score (nSPS) is 13.3. The maximum Gasteiger partial charge on any atom is 0.255 e. The number of hydrogen-bond acceptors (Lipinski definition) is 5. The Hall–Kier alpha value is -4.00. The molecular formula is C26H26N2O5. The van der Waals surface area contributed by atoms with Gasteiger partial charge in [-0.1, -0.05) is 36.4 Å². The van der Waals surface area contributed by atoms with Gasteiger partial charge in [0.05, 0.1) is 33.8 Å². The van der Waals surface area contributed by atoms with E-state index in [1.807, 2.05) is 54.6 Å². The highest BCUT2D eigenvalue weighted by Gasteiger charge is 2.35. The van der Waals surface area contributed by atoms with Gasteiger partial charge in [0.2, 0.25) is 11.7 Å². The number of methoxy groups -OCH3 is 3. The smallest absolute Gasteiger partial charge is 0.255 e. The van der Waals surface area contributed by atoms with Crippen molar-refractivity contribution in [3.63, 3.8) is 0 Å². The van der Waals surface area contributed by atoms with E-state index in [9.17, 15) is 9.59 Å². The topological polar surface area (TPSA) is 77.1 Å². The fourth-order valence-corrected chi connectivity index (χ4v) is 4.14. The zero-order valence-corrected chi connectivity index (χ0v) is 18.8. The molecule has 7 nitrogen and oxygen atoms in total. The van der Waals surface area contributed by atoms with Crippen molar-refractivity contribution in [2.24, 2.45) is 0 Å². The third kappa shape index (κ3) is 4.48. The molecule has 1 aliphatic heterocycles. The molecule has 0 saturated carbocycles. The summed E-state index contributed by atoms with van der Waals surface area (Å²) in [6.07, 6.45) is 0.0628. The number of carbonyl (C=O) groups is 2. The number of rotatable bonds is 8. The highest BCUT2D eigenvalue weighted by molar-refractivity contribution is 5.99. The van der Waals surface area contributed by atoms with Crippen LogP contribution in [0.5, 0.6) is 17.2 Å². The average molecular weight is 447 g/mol. The lowest BCUT2D eigenvalue weighted by Gasteiger charge is -2.29. The minimum absolute atomic E-state index is 0.0628. The van der Waals surface area contributed by atoms with Crippen LogP contribution in [-0.2, 0) is 11.3 Å². The van der Waals surface area contributed by atoms with Crippen molar-refractivity contribution in [2.75, 3.05) is 26.6 Å². The number of nitrogens with zero attached hydrogens (tertiary/aromatic N) is 1. The van der Waals surface area contributed by atoms with Crippen LogP contribution in [0.1, 0.15) is 33.9 Å². The van der Waals surface area contributed by atoms with Crippen LogP contribution in [0.3, 0.4) is 0 Å². The van der Waals surface area contributed by atoms with Crippen molar-refractivity contribution < 1.29 is 23.8 Å². The van der Waals surface area contributed by atoms with Gasteiger partial charge in [0.25, 0.3) is 5.91 Å². The highest BCUT2D eigenvalue weighted by atomic mass is 16.5. The van der Waals surface area contributed by atoms with Gasteiger partial charge < -0.3 is 24.4 Å². The van der Waals surface area contributed by atoms with E-state index in [2.05, 4.69) is 5.32 Å². The summed E-state index contributed by atoms with van der Waals surface area (Å²) in [5, 5.41) is 2.92. The third-order valence-corrected chi connectivity index (χ3v) is 5.73. The Labute approximate surface area is 192 Å². The fourth-order valence-electron chi connectivity index (χ4n) is 4.14. The Morgan fingerprint density at radius 2 is 1.58 bits per heavy atom. The van der Waals surface area contributed by atoms with E-state index >= 15 is 0 Å². The van der Waals surface area contributed by atoms with Crippen LogP contribution in [0.4, 0.5) is 5.69 Å². The molecule has 1 heterocycles. The molecule has 170 valence electrons. The van der Waals surface area contributed by atoms with Crippen LogP contribution in [0.25, 0.3) is 0 Å². The monoisotopic (exact) mass is 446 g/mol. The first-order valence-corrected chi connectivity index (χ1v) is 10.6. The Morgan fingerprint density at radius 1 is 0.939 bits per heavy atom. The molecule has 0 spiro atoms. The van der Waals surface area contributed by atoms with E-state index < -0.39 is 6.04 Å². The fraction of sp³-hybridized carbons (Fsp3) is 0.231. The number of amides is 2. The van der Waals surface area contributed by atoms with E-state index in [0.717, 1.165) is 5.56 Å². The van der Waals surface area contributed by atoms with Gasteiger partial charge in [0, 0.05) is 17.8 Å². The molecule has 0 aliphatic carbocycles. The molecule has 1 aliphatic rings. The van der Waals surface area contributed by atoms with Gasteiger partial charge in [-0.05, 0) is 41.5 Å². The molecule has 0 aromatic heterocycles. The summed E-state index contributed by atoms with van der Waals surface area (Å²) in [6.45, 7) is 0.412. The van der Waals surface area contributed by atoms with Crippen molar-refractivity contribution in [3.8, 4) is 17.2 Å². The Balaban J connectivity index is 1.72. The summed E-state index contributed by atoms with van der Waals surface area (Å²) < 4.78 is 16.5. The van der Waals surface area contributed by atoms with Crippen LogP contribution in [0.2, 0.25) is 0 Å². The highest BCUT2D eigenvalue weighted by Crippen LogP contribution is 2.43. The first-order chi connectivity index (χ1) is 16.0. The largest absolute Gasteiger partial charge is 0.493 e. The van der Waals surface area contributed by atoms with Gasteiger partial charge in [-0.3, -0.25) is 9.59 Å². The standard InChI is InChI=1S/C26H26N2O5/c1-31-22-13-18(14-23(32-2)25(22)33-3)21(15-24(29)27-19-10-5-4-6-11-19)28-16-17-9-7-8-12-20(17)26(28)30/h4-14,21H,15-16H2,1-3H3,(H,27,29)/t21-/m1/s1. The molecule has 0 fully saturated rings. The lowest BCUT2D eigenvalue weighted by atomic mass is 10.00. The molecule has 0 radical (unpaired) electrons. The Morgan fingerprint density at radius 3 is 2.18 bits per heavy atom. The minimum atomic E-state index is -0.540. The molecule has 0 bridgehead atoms. The summed E-state index contributed by atoms with van der Waals surface area (Å²) >= 11 is 0. The molecule has 1 atom stereocenters. The maximum absolute atomic E-state index is 13.3. The van der Waals surface area contributed by atoms with Crippen LogP contribution in [-0.4, -0.2) is 38.0 Å². The predicted octanol–water partition coefficient (Wildman–Crippen LogP) is 4.44. The number of para-hydroxylation sites is 1. The SMILES string of the molecule is COc1cc([C@@H](CC(=O)Nc2ccccc2)N2Cc3ccccc3C2=O)cc(OC)c1OC. The lowest BCUT2D eigenvalue weighted by Crippen LogP contribution is -2.32. The molecule has 0 unspecified atom stereocenters. The summed E-state index contributed by atoms with van der Waals surface area (Å²) in [4.78, 5) is 28.0. The van der Waals surface area contributed by atoms with E-state index in [4.69, 9.17) is 14.2 Å². The summed E-state index contributed by atoms with van der Waals surface area (Å²) in [7, 11) is 4.61. The molecule has 7 heteroatoms. The van der Waals surface area contributed by atoms with Crippen molar-refractivity contribution in [2.45, 2.75) is 19.0 Å². The number of benzene rings is 3. The second-order valence-electron chi connectivity index (χ2n) is 7.68. The maximum atomic E-state index is 13.3. The Bertz CT molecular complexity index is 1140. The zero-order valence-electron chi connectivity index (χ0n) is 18.8. The van der Waals surface area contributed by atoms with Crippen LogP contribution in [0, 0.1) is 0 Å². The number of ether oxygens (including phenoxy) is 3. The van der Waals surface area contributed by atoms with Crippen molar-refractivity contribution in [1.29, 1.82) is 0 Å². The second kappa shape index (κ2) is 9.65. The van der Waals surface area contributed by atoms with Gasteiger partial charge in [0.15, 0.2) is 11.5 Å². The van der Waals surface area contributed by atoms with Crippen molar-refractivity contribution in [1.82, 2.24) is 4.90 Å². The molecule has 1 N–H and O–H groups in total. The average Bonchev–Trinajstić information content (AvgIpc) is 3.18. The van der Waals surface area contributed by atoms with Crippen molar-refractivity contribution >= 4 is 17.5 Å². The van der Waals surface area contributed by atoms with Gasteiger partial charge in [0.1, 0.15) is 0 Å². The molecule has 4 rings (SSSR count). The molecule has 2 amide bonds. The van der Waals surface area contributed by atoms with Crippen molar-refractivity contribution in [3.05, 3.63) is 83.4 Å². The zero-order chi connectivity index (χ0) is 23.4. The van der Waals surface area contributed by atoms with E-state index in [1.54, 1.807) is 17.0 Å². The Kier molecular flexibility index (Phi) is 6.49. The second-order valence-corrected chi connectivity index (χ2v) is 7.68. The lowest BCUT2D eigenvalue weighted by molar-refractivity contribution is -0.117. The van der Waals surface area contributed by atoms with E-state index in [0.29, 0.717) is 40.6 Å². The molecule has 0 saturated heterocycles. The van der Waals surface area contributed by atoms with Gasteiger partial charge in [-0.25, -0.2) is 0 Å². The predicted molar refractivity (Wildman–Crippen MR) is 125 cm³/mol. The summed E-state index contributed by atoms with van der Waals surface area (Å²) in [5.74, 6) is 1.06. The third-order valence-electron chi connectivity index (χ3n) is 5.73. The van der Waals surface area contributed by atoms with Gasteiger partial charge in [-0.15, -0.1) is 0 Å². The van der Waals surface area contributed by atoms with Gasteiger partial charge >= 0.3 is 0 Å². The van der Waals surface area contributed by atoms with E-state index in [-0.39, 0.29) is 18.2 Å². The quantitative estimate of drug-likeness (QED) is 0.554. The summed E-state index contributed by atoms with van der Waals surface area (Å²) in [5.41, 5.74) is 3.00. The summed E-state index contributed by atoms with van der Waals surface area (Å²) in [6, 6.07) is 19.8. The number of hydrogen-bond donors (Lipinski definition) is 1. The first kappa shape index (κ1) is 22.2. The van der Waals surface area contributed by atoms with Crippen LogP contribution in [0.15, 0.2) is 66.7 Å². The van der Waals surface area contributed by atoms with Gasteiger partial charge in [-0.2, -0.15) is 0 Å². The number of anilines is 1. The van der Waals surface area contributed by atoms with E-state index in [1.165, 1.54) is 21.3 Å². The number of carbonyl (C=O) groups excluding carboxylic acids is 2. The molecule has 3 aromatic rings. The minimum Gasteiger partial charge on any atom is -0.493 e. The van der Waals surface area contributed by atoms with Crippen LogP contribution >= 0.6 is 0 Å². The molecular weight excluding hydrogens is 420 g/mol. The van der Waals surface area contributed by atoms with Crippen LogP contribution < -0.4 is 19.5 Å². The number of fused-ring (bicyclic) bond motifs is 1. The number of nitrogens with one attached hydrogen (secondary N) is 1.